The first-order chi connectivity index (χ1) is 12.7. The van der Waals surface area contributed by atoms with Crippen LogP contribution in [0.2, 0.25) is 0 Å². The van der Waals surface area contributed by atoms with Gasteiger partial charge in [0.1, 0.15) is 0 Å². The standard InChI is InChI=1S/C23H28N2O/c1-15-8-10-25(11-9-15)14-16-6-7-18-17(12-16)13-21-19-4-2-3-5-20(19)23(26)24-22(18)21/h6-7,12,15H,2-5,8-11,13-14H2,1H3,(H,24,26). The Morgan fingerprint density at radius 3 is 2.65 bits per heavy atom. The van der Waals surface area contributed by atoms with Gasteiger partial charge in [-0.15, -0.1) is 0 Å². The molecular weight excluding hydrogens is 320 g/mol. The summed E-state index contributed by atoms with van der Waals surface area (Å²) < 4.78 is 0. The topological polar surface area (TPSA) is 36.1 Å². The van der Waals surface area contributed by atoms with Crippen molar-refractivity contribution in [1.82, 2.24) is 9.88 Å². The van der Waals surface area contributed by atoms with E-state index >= 15 is 0 Å². The molecule has 3 aliphatic rings. The Balaban J connectivity index is 1.44. The maximum atomic E-state index is 12.5. The van der Waals surface area contributed by atoms with Gasteiger partial charge in [0.15, 0.2) is 0 Å². The smallest absolute Gasteiger partial charge is 0.251 e. The number of aromatic nitrogens is 1. The number of piperidine rings is 1. The summed E-state index contributed by atoms with van der Waals surface area (Å²) in [5.74, 6) is 0.878. The number of aromatic amines is 1. The predicted octanol–water partition coefficient (Wildman–Crippen LogP) is 4.06. The molecule has 1 fully saturated rings. The van der Waals surface area contributed by atoms with Crippen molar-refractivity contribution >= 4 is 0 Å². The highest BCUT2D eigenvalue weighted by Crippen LogP contribution is 2.39. The molecule has 1 saturated heterocycles. The van der Waals surface area contributed by atoms with Crippen molar-refractivity contribution < 1.29 is 0 Å². The average molecular weight is 348 g/mol. The van der Waals surface area contributed by atoms with Gasteiger partial charge in [0.2, 0.25) is 0 Å². The first-order valence-electron chi connectivity index (χ1n) is 10.3. The lowest BCUT2D eigenvalue weighted by molar-refractivity contribution is 0.185. The van der Waals surface area contributed by atoms with Gasteiger partial charge in [-0.2, -0.15) is 0 Å². The Morgan fingerprint density at radius 2 is 1.85 bits per heavy atom. The van der Waals surface area contributed by atoms with E-state index < -0.39 is 0 Å². The molecule has 0 bridgehead atoms. The maximum absolute atomic E-state index is 12.5. The summed E-state index contributed by atoms with van der Waals surface area (Å²) in [5.41, 5.74) is 9.14. The monoisotopic (exact) mass is 348 g/mol. The van der Waals surface area contributed by atoms with E-state index in [9.17, 15) is 4.79 Å². The van der Waals surface area contributed by atoms with Crippen LogP contribution in [-0.2, 0) is 25.8 Å². The van der Waals surface area contributed by atoms with Gasteiger partial charge in [-0.05, 0) is 79.8 Å². The Bertz CT molecular complexity index is 903. The van der Waals surface area contributed by atoms with Crippen molar-refractivity contribution in [2.75, 3.05) is 13.1 Å². The van der Waals surface area contributed by atoms with Crippen LogP contribution in [0.3, 0.4) is 0 Å². The lowest BCUT2D eigenvalue weighted by atomic mass is 9.88. The Morgan fingerprint density at radius 1 is 1.08 bits per heavy atom. The number of benzene rings is 1. The van der Waals surface area contributed by atoms with Crippen molar-refractivity contribution in [3.05, 3.63) is 56.4 Å². The highest BCUT2D eigenvalue weighted by molar-refractivity contribution is 5.75. The molecule has 2 aliphatic carbocycles. The molecule has 0 spiro atoms. The number of hydrogen-bond donors (Lipinski definition) is 1. The second-order valence-electron chi connectivity index (χ2n) is 8.60. The van der Waals surface area contributed by atoms with E-state index in [0.717, 1.165) is 49.4 Å². The van der Waals surface area contributed by atoms with E-state index in [0.29, 0.717) is 0 Å². The van der Waals surface area contributed by atoms with Crippen LogP contribution in [0.5, 0.6) is 0 Å². The summed E-state index contributed by atoms with van der Waals surface area (Å²) in [7, 11) is 0. The summed E-state index contributed by atoms with van der Waals surface area (Å²) in [6, 6.07) is 6.90. The molecule has 0 radical (unpaired) electrons. The van der Waals surface area contributed by atoms with Crippen LogP contribution in [0.15, 0.2) is 23.0 Å². The zero-order valence-electron chi connectivity index (χ0n) is 15.7. The van der Waals surface area contributed by atoms with Crippen LogP contribution in [0, 0.1) is 5.92 Å². The minimum Gasteiger partial charge on any atom is -0.321 e. The van der Waals surface area contributed by atoms with E-state index in [1.165, 1.54) is 60.2 Å². The van der Waals surface area contributed by atoms with E-state index in [-0.39, 0.29) is 5.56 Å². The third-order valence-corrected chi connectivity index (χ3v) is 6.74. The van der Waals surface area contributed by atoms with Gasteiger partial charge < -0.3 is 4.98 Å². The molecule has 0 atom stereocenters. The molecule has 2 aromatic rings. The van der Waals surface area contributed by atoms with Crippen LogP contribution in [0.1, 0.15) is 60.4 Å². The van der Waals surface area contributed by atoms with Gasteiger partial charge in [0.25, 0.3) is 5.56 Å². The lowest BCUT2D eigenvalue weighted by Gasteiger charge is -2.30. The molecule has 2 heterocycles. The van der Waals surface area contributed by atoms with Crippen molar-refractivity contribution in [2.45, 2.75) is 58.4 Å². The number of hydrogen-bond acceptors (Lipinski definition) is 2. The number of pyridine rings is 1. The molecular formula is C23H28N2O. The first kappa shape index (κ1) is 16.3. The number of nitrogens with one attached hydrogen (secondary N) is 1. The zero-order chi connectivity index (χ0) is 17.7. The fourth-order valence-electron chi connectivity index (χ4n) is 5.13. The number of H-pyrrole nitrogens is 1. The van der Waals surface area contributed by atoms with Gasteiger partial charge in [-0.25, -0.2) is 0 Å². The second-order valence-corrected chi connectivity index (χ2v) is 8.60. The third-order valence-electron chi connectivity index (χ3n) is 6.74. The van der Waals surface area contributed by atoms with Crippen molar-refractivity contribution in [1.29, 1.82) is 0 Å². The van der Waals surface area contributed by atoms with E-state index in [1.54, 1.807) is 0 Å². The molecule has 0 unspecified atom stereocenters. The number of rotatable bonds is 2. The van der Waals surface area contributed by atoms with E-state index in [2.05, 4.69) is 35.0 Å². The number of nitrogens with zero attached hydrogens (tertiary/aromatic N) is 1. The van der Waals surface area contributed by atoms with Crippen LogP contribution < -0.4 is 5.56 Å². The molecule has 0 amide bonds. The van der Waals surface area contributed by atoms with Gasteiger partial charge in [0, 0.05) is 24.1 Å². The lowest BCUT2D eigenvalue weighted by Crippen LogP contribution is -2.32. The summed E-state index contributed by atoms with van der Waals surface area (Å²) in [6.45, 7) is 5.87. The number of fused-ring (bicyclic) bond motifs is 5. The van der Waals surface area contributed by atoms with Crippen LogP contribution in [0.4, 0.5) is 0 Å². The Labute approximate surface area is 155 Å². The summed E-state index contributed by atoms with van der Waals surface area (Å²) >= 11 is 0. The van der Waals surface area contributed by atoms with Gasteiger partial charge >= 0.3 is 0 Å². The SMILES string of the molecule is CC1CCN(Cc2ccc3c(c2)Cc2c-3[nH]c(=O)c3c2CCCC3)CC1. The minimum absolute atomic E-state index is 0.151. The number of likely N-dealkylation sites (tertiary alicyclic amines) is 1. The third kappa shape index (κ3) is 2.73. The average Bonchev–Trinajstić information content (AvgIpc) is 3.02. The first-order valence-corrected chi connectivity index (χ1v) is 10.3. The molecule has 5 rings (SSSR count). The van der Waals surface area contributed by atoms with Crippen LogP contribution in [-0.4, -0.2) is 23.0 Å². The summed E-state index contributed by atoms with van der Waals surface area (Å²) in [5, 5.41) is 0. The molecule has 1 aliphatic heterocycles. The molecule has 0 saturated carbocycles. The largest absolute Gasteiger partial charge is 0.321 e. The molecule has 1 aromatic carbocycles. The zero-order valence-corrected chi connectivity index (χ0v) is 15.7. The molecule has 3 nitrogen and oxygen atoms in total. The van der Waals surface area contributed by atoms with Gasteiger partial charge in [0.05, 0.1) is 5.69 Å². The van der Waals surface area contributed by atoms with Crippen molar-refractivity contribution in [3.8, 4) is 11.3 Å². The summed E-state index contributed by atoms with van der Waals surface area (Å²) in [4.78, 5) is 18.3. The quantitative estimate of drug-likeness (QED) is 0.758. The molecule has 1 aromatic heterocycles. The normalized spacial score (nSPS) is 19.9. The van der Waals surface area contributed by atoms with Gasteiger partial charge in [-0.1, -0.05) is 25.1 Å². The summed E-state index contributed by atoms with van der Waals surface area (Å²) in [6.07, 6.45) is 8.04. The van der Waals surface area contributed by atoms with Gasteiger partial charge in [-0.3, -0.25) is 9.69 Å². The fourth-order valence-corrected chi connectivity index (χ4v) is 5.13. The van der Waals surface area contributed by atoms with Crippen LogP contribution >= 0.6 is 0 Å². The maximum Gasteiger partial charge on any atom is 0.251 e. The Kier molecular flexibility index (Phi) is 4.00. The fraction of sp³-hybridized carbons (Fsp3) is 0.522. The highest BCUT2D eigenvalue weighted by atomic mass is 16.1. The molecule has 3 heteroatoms. The van der Waals surface area contributed by atoms with Crippen molar-refractivity contribution in [2.24, 2.45) is 5.92 Å². The molecule has 136 valence electrons. The highest BCUT2D eigenvalue weighted by Gasteiger charge is 2.27. The Hall–Kier alpha value is -1.87. The second kappa shape index (κ2) is 6.38. The molecule has 26 heavy (non-hydrogen) atoms. The molecule has 1 N–H and O–H groups in total. The van der Waals surface area contributed by atoms with E-state index in [4.69, 9.17) is 0 Å². The van der Waals surface area contributed by atoms with E-state index in [1.807, 2.05) is 0 Å². The minimum atomic E-state index is 0.151. The van der Waals surface area contributed by atoms with Crippen molar-refractivity contribution in [3.63, 3.8) is 0 Å². The van der Waals surface area contributed by atoms with Crippen LogP contribution in [0.25, 0.3) is 11.3 Å². The predicted molar refractivity (Wildman–Crippen MR) is 106 cm³/mol.